The van der Waals surface area contributed by atoms with Gasteiger partial charge in [0, 0.05) is 21.4 Å². The van der Waals surface area contributed by atoms with Crippen LogP contribution in [0.4, 0.5) is 11.4 Å². The molecule has 5 nitrogen and oxygen atoms in total. The summed E-state index contributed by atoms with van der Waals surface area (Å²) >= 11 is 1.59. The van der Waals surface area contributed by atoms with E-state index >= 15 is 0 Å². The Balaban J connectivity index is 1.57. The van der Waals surface area contributed by atoms with Crippen LogP contribution >= 0.6 is 11.8 Å². The number of benzene rings is 3. The van der Waals surface area contributed by atoms with Gasteiger partial charge in [0.1, 0.15) is 0 Å². The molecule has 0 saturated carbocycles. The van der Waals surface area contributed by atoms with E-state index in [-0.39, 0.29) is 17.7 Å². The fourth-order valence-corrected chi connectivity index (χ4v) is 6.08. The lowest BCUT2D eigenvalue weighted by atomic mass is 10.1. The summed E-state index contributed by atoms with van der Waals surface area (Å²) in [6.07, 6.45) is 0.593. The van der Waals surface area contributed by atoms with Crippen LogP contribution in [-0.2, 0) is 16.4 Å². The molecule has 0 fully saturated rings. The highest BCUT2D eigenvalue weighted by Crippen LogP contribution is 2.36. The second kappa shape index (κ2) is 8.77. The van der Waals surface area contributed by atoms with Crippen molar-refractivity contribution in [1.82, 2.24) is 0 Å². The summed E-state index contributed by atoms with van der Waals surface area (Å²) in [5.41, 5.74) is 2.81. The molecule has 0 radical (unpaired) electrons. The number of amides is 1. The highest BCUT2D eigenvalue weighted by Gasteiger charge is 2.34. The molecule has 1 aliphatic rings. The van der Waals surface area contributed by atoms with Crippen molar-refractivity contribution in [3.63, 3.8) is 0 Å². The third kappa shape index (κ3) is 4.48. The summed E-state index contributed by atoms with van der Waals surface area (Å²) in [6.45, 7) is 3.54. The Morgan fingerprint density at radius 1 is 1.06 bits per heavy atom. The van der Waals surface area contributed by atoms with Gasteiger partial charge in [0.15, 0.2) is 0 Å². The molecule has 0 saturated heterocycles. The van der Waals surface area contributed by atoms with Gasteiger partial charge in [-0.15, -0.1) is 0 Å². The maximum atomic E-state index is 13.0. The van der Waals surface area contributed by atoms with Gasteiger partial charge in [0.25, 0.3) is 5.91 Å². The Bertz CT molecular complexity index is 1210. The molecular weight excluding hydrogens is 428 g/mol. The molecule has 4 rings (SSSR count). The van der Waals surface area contributed by atoms with E-state index in [9.17, 15) is 13.2 Å². The Labute approximate surface area is 187 Å². The molecule has 0 spiro atoms. The number of anilines is 2. The largest absolute Gasteiger partial charge is 0.321 e. The molecule has 3 aromatic carbocycles. The first-order chi connectivity index (χ1) is 14.9. The average molecular weight is 453 g/mol. The summed E-state index contributed by atoms with van der Waals surface area (Å²) < 4.78 is 26.4. The summed E-state index contributed by atoms with van der Waals surface area (Å²) in [4.78, 5) is 15.0. The monoisotopic (exact) mass is 452 g/mol. The van der Waals surface area contributed by atoms with Crippen LogP contribution in [0.2, 0.25) is 0 Å². The lowest BCUT2D eigenvalue weighted by Crippen LogP contribution is -2.36. The number of hydrogen-bond acceptors (Lipinski definition) is 4. The molecule has 0 unspecified atom stereocenters. The number of nitrogens with one attached hydrogen (secondary N) is 1. The van der Waals surface area contributed by atoms with Gasteiger partial charge in [0.2, 0.25) is 10.0 Å². The molecule has 0 aromatic heterocycles. The van der Waals surface area contributed by atoms with Gasteiger partial charge in [-0.2, -0.15) is 0 Å². The van der Waals surface area contributed by atoms with Crippen molar-refractivity contribution in [2.24, 2.45) is 0 Å². The minimum Gasteiger partial charge on any atom is -0.321 e. The van der Waals surface area contributed by atoms with Gasteiger partial charge >= 0.3 is 0 Å². The molecule has 1 N–H and O–H groups in total. The van der Waals surface area contributed by atoms with Gasteiger partial charge in [-0.05, 0) is 68.3 Å². The standard InChI is InChI=1S/C24H24N2O3S2/c1-3-31(28,29)26-17(2)15-19-16-18(13-14-22(19)26)24(27)25-21-11-7-8-12-23(21)30-20-9-5-4-6-10-20/h4-14,16-17H,3,15H2,1-2H3,(H,25,27)/t17-/m1/s1. The van der Waals surface area contributed by atoms with Crippen LogP contribution in [0.1, 0.15) is 29.8 Å². The first-order valence-corrected chi connectivity index (χ1v) is 12.6. The summed E-state index contributed by atoms with van der Waals surface area (Å²) in [5, 5.41) is 3.01. The lowest BCUT2D eigenvalue weighted by Gasteiger charge is -2.23. The van der Waals surface area contributed by atoms with Crippen LogP contribution < -0.4 is 9.62 Å². The van der Waals surface area contributed by atoms with E-state index in [4.69, 9.17) is 0 Å². The molecular formula is C24H24N2O3S2. The molecule has 1 aliphatic heterocycles. The van der Waals surface area contributed by atoms with E-state index in [1.165, 1.54) is 4.31 Å². The number of rotatable bonds is 6. The summed E-state index contributed by atoms with van der Waals surface area (Å²) in [7, 11) is -3.35. The van der Waals surface area contributed by atoms with Gasteiger partial charge in [0.05, 0.1) is 17.1 Å². The first kappa shape index (κ1) is 21.5. The van der Waals surface area contributed by atoms with Crippen molar-refractivity contribution in [3.05, 3.63) is 83.9 Å². The van der Waals surface area contributed by atoms with E-state index in [1.807, 2.05) is 61.5 Å². The number of fused-ring (bicyclic) bond motifs is 1. The highest BCUT2D eigenvalue weighted by molar-refractivity contribution is 7.99. The summed E-state index contributed by atoms with van der Waals surface area (Å²) in [5.74, 6) is -0.164. The Kier molecular flexibility index (Phi) is 6.07. The minimum atomic E-state index is -3.35. The number of nitrogens with zero attached hydrogens (tertiary/aromatic N) is 1. The van der Waals surface area contributed by atoms with E-state index in [2.05, 4.69) is 5.32 Å². The maximum Gasteiger partial charge on any atom is 0.255 e. The molecule has 160 valence electrons. The van der Waals surface area contributed by atoms with Crippen LogP contribution in [0, 0.1) is 0 Å². The molecule has 7 heteroatoms. The third-order valence-corrected chi connectivity index (χ3v) is 8.23. The number of carbonyl (C=O) groups is 1. The van der Waals surface area contributed by atoms with E-state index in [0.717, 1.165) is 21.0 Å². The topological polar surface area (TPSA) is 66.5 Å². The zero-order valence-electron chi connectivity index (χ0n) is 17.4. The fourth-order valence-electron chi connectivity index (χ4n) is 3.78. The molecule has 0 aliphatic carbocycles. The zero-order valence-corrected chi connectivity index (χ0v) is 19.0. The molecule has 1 atom stereocenters. The Hall–Kier alpha value is -2.77. The zero-order chi connectivity index (χ0) is 22.0. The van der Waals surface area contributed by atoms with Crippen molar-refractivity contribution >= 4 is 39.1 Å². The Morgan fingerprint density at radius 3 is 2.52 bits per heavy atom. The third-order valence-electron chi connectivity index (χ3n) is 5.27. The van der Waals surface area contributed by atoms with Crippen molar-refractivity contribution in [2.75, 3.05) is 15.4 Å². The lowest BCUT2D eigenvalue weighted by molar-refractivity contribution is 0.102. The van der Waals surface area contributed by atoms with E-state index in [0.29, 0.717) is 17.7 Å². The van der Waals surface area contributed by atoms with E-state index < -0.39 is 10.0 Å². The van der Waals surface area contributed by atoms with Gasteiger partial charge < -0.3 is 5.32 Å². The summed E-state index contributed by atoms with van der Waals surface area (Å²) in [6, 6.07) is 22.8. The average Bonchev–Trinajstić information content (AvgIpc) is 3.11. The number of sulfonamides is 1. The molecule has 31 heavy (non-hydrogen) atoms. The highest BCUT2D eigenvalue weighted by atomic mass is 32.2. The second-order valence-electron chi connectivity index (χ2n) is 7.46. The van der Waals surface area contributed by atoms with Crippen molar-refractivity contribution < 1.29 is 13.2 Å². The Morgan fingerprint density at radius 2 is 1.77 bits per heavy atom. The van der Waals surface area contributed by atoms with Crippen LogP contribution in [0.3, 0.4) is 0 Å². The fraction of sp³-hybridized carbons (Fsp3) is 0.208. The second-order valence-corrected chi connectivity index (χ2v) is 10.7. The van der Waals surface area contributed by atoms with Crippen LogP contribution in [-0.4, -0.2) is 26.1 Å². The van der Waals surface area contributed by atoms with Gasteiger partial charge in [-0.25, -0.2) is 8.42 Å². The number of para-hydroxylation sites is 1. The SMILES string of the molecule is CCS(=O)(=O)N1c2ccc(C(=O)Nc3ccccc3Sc3ccccc3)cc2C[C@H]1C. The predicted molar refractivity (Wildman–Crippen MR) is 127 cm³/mol. The van der Waals surface area contributed by atoms with Crippen molar-refractivity contribution in [1.29, 1.82) is 0 Å². The molecule has 3 aromatic rings. The van der Waals surface area contributed by atoms with E-state index in [1.54, 1.807) is 36.9 Å². The predicted octanol–water partition coefficient (Wildman–Crippen LogP) is 5.19. The maximum absolute atomic E-state index is 13.0. The molecule has 1 heterocycles. The normalized spacial score (nSPS) is 15.5. The van der Waals surface area contributed by atoms with Crippen molar-refractivity contribution in [3.8, 4) is 0 Å². The van der Waals surface area contributed by atoms with Crippen LogP contribution in [0.5, 0.6) is 0 Å². The van der Waals surface area contributed by atoms with Crippen LogP contribution in [0.25, 0.3) is 0 Å². The molecule has 1 amide bonds. The molecule has 0 bridgehead atoms. The smallest absolute Gasteiger partial charge is 0.255 e. The first-order valence-electron chi connectivity index (χ1n) is 10.2. The number of hydrogen-bond donors (Lipinski definition) is 1. The van der Waals surface area contributed by atoms with Crippen LogP contribution in [0.15, 0.2) is 82.6 Å². The minimum absolute atomic E-state index is 0.0505. The van der Waals surface area contributed by atoms with Crippen molar-refractivity contribution in [2.45, 2.75) is 36.1 Å². The van der Waals surface area contributed by atoms with Gasteiger partial charge in [-0.3, -0.25) is 9.10 Å². The number of carbonyl (C=O) groups excluding carboxylic acids is 1. The van der Waals surface area contributed by atoms with Gasteiger partial charge in [-0.1, -0.05) is 42.1 Å². The quantitative estimate of drug-likeness (QED) is 0.559.